The van der Waals surface area contributed by atoms with Crippen LogP contribution in [0.15, 0.2) is 64.5 Å². The van der Waals surface area contributed by atoms with Gasteiger partial charge in [-0.2, -0.15) is 0 Å². The van der Waals surface area contributed by atoms with Gasteiger partial charge in [-0.25, -0.2) is 4.39 Å². The number of carbonyl (C=O) groups excluding carboxylic acids is 1. The number of carbonyl (C=O) groups is 1. The summed E-state index contributed by atoms with van der Waals surface area (Å²) in [5, 5.41) is 3.02. The molecule has 1 amide bonds. The summed E-state index contributed by atoms with van der Waals surface area (Å²) in [6.07, 6.45) is 0.675. The second-order valence-electron chi connectivity index (χ2n) is 6.86. The molecule has 7 heteroatoms. The zero-order chi connectivity index (χ0) is 21.1. The molecule has 0 atom stereocenters. The Hall–Kier alpha value is -2.64. The van der Waals surface area contributed by atoms with Crippen molar-refractivity contribution in [3.8, 4) is 5.75 Å². The third-order valence-electron chi connectivity index (χ3n) is 4.92. The van der Waals surface area contributed by atoms with Crippen molar-refractivity contribution in [1.29, 1.82) is 0 Å². The number of ether oxygens (including phenoxy) is 1. The highest BCUT2D eigenvalue weighted by atomic mass is 79.9. The lowest BCUT2D eigenvalue weighted by atomic mass is 10.1. The monoisotopic (exact) mass is 486 g/mol. The third-order valence-corrected chi connectivity index (χ3v) is 6.49. The van der Waals surface area contributed by atoms with Crippen LogP contribution in [-0.2, 0) is 13.0 Å². The van der Waals surface area contributed by atoms with Gasteiger partial charge >= 0.3 is 0 Å². The SMILES string of the molecule is COc1ccccc1CCNC(=O)c1cc2sc(Br)cc2n1Cc1ccc(F)cc1. The van der Waals surface area contributed by atoms with E-state index in [1.54, 1.807) is 30.6 Å². The Morgan fingerprint density at radius 1 is 1.17 bits per heavy atom. The van der Waals surface area contributed by atoms with Gasteiger partial charge in [0, 0.05) is 13.1 Å². The maximum absolute atomic E-state index is 13.3. The molecular formula is C23H20BrFN2O2S. The maximum atomic E-state index is 13.3. The highest BCUT2D eigenvalue weighted by molar-refractivity contribution is 9.11. The van der Waals surface area contributed by atoms with Gasteiger partial charge in [-0.15, -0.1) is 11.3 Å². The van der Waals surface area contributed by atoms with Crippen LogP contribution < -0.4 is 10.1 Å². The van der Waals surface area contributed by atoms with Crippen LogP contribution in [0.5, 0.6) is 5.75 Å². The number of aromatic nitrogens is 1. The van der Waals surface area contributed by atoms with Crippen LogP contribution in [0, 0.1) is 5.82 Å². The molecule has 0 unspecified atom stereocenters. The zero-order valence-electron chi connectivity index (χ0n) is 16.3. The highest BCUT2D eigenvalue weighted by Crippen LogP contribution is 2.33. The first kappa shape index (κ1) is 20.6. The molecule has 0 aliphatic heterocycles. The van der Waals surface area contributed by atoms with E-state index in [-0.39, 0.29) is 11.7 Å². The first-order chi connectivity index (χ1) is 14.5. The van der Waals surface area contributed by atoms with Crippen LogP contribution in [0.25, 0.3) is 10.2 Å². The molecule has 0 bridgehead atoms. The molecule has 30 heavy (non-hydrogen) atoms. The number of nitrogens with zero attached hydrogens (tertiary/aromatic N) is 1. The average molecular weight is 487 g/mol. The molecule has 2 aromatic heterocycles. The van der Waals surface area contributed by atoms with Crippen molar-refractivity contribution >= 4 is 43.4 Å². The fourth-order valence-electron chi connectivity index (χ4n) is 3.45. The summed E-state index contributed by atoms with van der Waals surface area (Å²) < 4.78 is 22.7. The van der Waals surface area contributed by atoms with E-state index in [1.807, 2.05) is 41.0 Å². The first-order valence-corrected chi connectivity index (χ1v) is 11.1. The molecule has 2 aromatic carbocycles. The van der Waals surface area contributed by atoms with Gasteiger partial charge in [0.15, 0.2) is 0 Å². The summed E-state index contributed by atoms with van der Waals surface area (Å²) in [5.74, 6) is 0.410. The van der Waals surface area contributed by atoms with E-state index in [0.29, 0.717) is 25.2 Å². The minimum atomic E-state index is -0.274. The van der Waals surface area contributed by atoms with Gasteiger partial charge in [-0.05, 0) is 63.8 Å². The van der Waals surface area contributed by atoms with Gasteiger partial charge in [-0.3, -0.25) is 4.79 Å². The molecule has 4 aromatic rings. The Morgan fingerprint density at radius 3 is 2.70 bits per heavy atom. The Labute approximate surface area is 186 Å². The molecule has 154 valence electrons. The zero-order valence-corrected chi connectivity index (χ0v) is 18.7. The van der Waals surface area contributed by atoms with E-state index in [4.69, 9.17) is 4.74 Å². The molecule has 4 nitrogen and oxygen atoms in total. The number of benzene rings is 2. The first-order valence-electron chi connectivity index (χ1n) is 9.48. The summed E-state index contributed by atoms with van der Waals surface area (Å²) in [6, 6.07) is 18.1. The van der Waals surface area contributed by atoms with Crippen molar-refractivity contribution < 1.29 is 13.9 Å². The fourth-order valence-corrected chi connectivity index (χ4v) is 5.02. The van der Waals surface area contributed by atoms with Gasteiger partial charge in [0.1, 0.15) is 17.3 Å². The number of nitrogens with one attached hydrogen (secondary N) is 1. The Bertz CT molecular complexity index is 1180. The molecule has 0 radical (unpaired) electrons. The lowest BCUT2D eigenvalue weighted by Crippen LogP contribution is -2.28. The van der Waals surface area contributed by atoms with Gasteiger partial charge in [-0.1, -0.05) is 30.3 Å². The second kappa shape index (κ2) is 9.02. The van der Waals surface area contributed by atoms with E-state index in [2.05, 4.69) is 21.2 Å². The molecule has 0 saturated carbocycles. The summed E-state index contributed by atoms with van der Waals surface area (Å²) in [5.41, 5.74) is 3.55. The van der Waals surface area contributed by atoms with Crippen LogP contribution in [0.4, 0.5) is 4.39 Å². The maximum Gasteiger partial charge on any atom is 0.267 e. The predicted octanol–water partition coefficient (Wildman–Crippen LogP) is 5.63. The number of para-hydroxylation sites is 1. The van der Waals surface area contributed by atoms with Crippen molar-refractivity contribution in [2.24, 2.45) is 0 Å². The van der Waals surface area contributed by atoms with E-state index < -0.39 is 0 Å². The largest absolute Gasteiger partial charge is 0.496 e. The number of halogens is 2. The van der Waals surface area contributed by atoms with E-state index >= 15 is 0 Å². The van der Waals surface area contributed by atoms with Gasteiger partial charge < -0.3 is 14.6 Å². The third kappa shape index (κ3) is 4.42. The number of amides is 1. The second-order valence-corrected chi connectivity index (χ2v) is 9.32. The minimum Gasteiger partial charge on any atom is -0.496 e. The molecule has 0 saturated heterocycles. The van der Waals surface area contributed by atoms with Crippen molar-refractivity contribution in [2.45, 2.75) is 13.0 Å². The fraction of sp³-hybridized carbons (Fsp3) is 0.174. The summed E-state index contributed by atoms with van der Waals surface area (Å²) in [4.78, 5) is 13.0. The number of fused-ring (bicyclic) bond motifs is 1. The Balaban J connectivity index is 1.54. The Morgan fingerprint density at radius 2 is 1.93 bits per heavy atom. The lowest BCUT2D eigenvalue weighted by molar-refractivity contribution is 0.0945. The van der Waals surface area contributed by atoms with Crippen molar-refractivity contribution in [1.82, 2.24) is 9.88 Å². The predicted molar refractivity (Wildman–Crippen MR) is 122 cm³/mol. The number of hydrogen-bond acceptors (Lipinski definition) is 3. The van der Waals surface area contributed by atoms with E-state index in [0.717, 1.165) is 30.9 Å². The van der Waals surface area contributed by atoms with Crippen LogP contribution in [-0.4, -0.2) is 24.1 Å². The van der Waals surface area contributed by atoms with E-state index in [1.165, 1.54) is 12.1 Å². The molecular weight excluding hydrogens is 467 g/mol. The van der Waals surface area contributed by atoms with E-state index in [9.17, 15) is 9.18 Å². The molecule has 0 aliphatic rings. The van der Waals surface area contributed by atoms with Crippen LogP contribution >= 0.6 is 27.3 Å². The molecule has 2 heterocycles. The number of hydrogen-bond donors (Lipinski definition) is 1. The van der Waals surface area contributed by atoms with Gasteiger partial charge in [0.2, 0.25) is 0 Å². The summed E-state index contributed by atoms with van der Waals surface area (Å²) >= 11 is 5.10. The summed E-state index contributed by atoms with van der Waals surface area (Å²) in [6.45, 7) is 0.987. The summed E-state index contributed by atoms with van der Waals surface area (Å²) in [7, 11) is 1.64. The molecule has 0 fully saturated rings. The smallest absolute Gasteiger partial charge is 0.267 e. The highest BCUT2D eigenvalue weighted by Gasteiger charge is 2.18. The molecule has 1 N–H and O–H groups in total. The quantitative estimate of drug-likeness (QED) is 0.367. The van der Waals surface area contributed by atoms with Crippen LogP contribution in [0.1, 0.15) is 21.6 Å². The number of rotatable bonds is 7. The van der Waals surface area contributed by atoms with Crippen LogP contribution in [0.3, 0.4) is 0 Å². The number of thiophene rings is 1. The average Bonchev–Trinajstić information content (AvgIpc) is 3.27. The Kier molecular flexibility index (Phi) is 6.20. The lowest BCUT2D eigenvalue weighted by Gasteiger charge is -2.12. The minimum absolute atomic E-state index is 0.133. The van der Waals surface area contributed by atoms with Gasteiger partial charge in [0.25, 0.3) is 5.91 Å². The molecule has 0 spiro atoms. The van der Waals surface area contributed by atoms with Crippen molar-refractivity contribution in [3.63, 3.8) is 0 Å². The van der Waals surface area contributed by atoms with Crippen molar-refractivity contribution in [2.75, 3.05) is 13.7 Å². The number of methoxy groups -OCH3 is 1. The topological polar surface area (TPSA) is 43.3 Å². The molecule has 4 rings (SSSR count). The van der Waals surface area contributed by atoms with Crippen molar-refractivity contribution in [3.05, 3.63) is 87.1 Å². The molecule has 0 aliphatic carbocycles. The van der Waals surface area contributed by atoms with Gasteiger partial charge in [0.05, 0.1) is 21.1 Å². The standard InChI is InChI=1S/C23H20BrFN2O2S/c1-29-20-5-3-2-4-16(20)10-11-26-23(28)19-12-21-18(13-22(24)30-21)27(19)14-15-6-8-17(25)9-7-15/h2-9,12-13H,10-11,14H2,1H3,(H,26,28). The normalized spacial score (nSPS) is 11.0. The van der Waals surface area contributed by atoms with Crippen LogP contribution in [0.2, 0.25) is 0 Å².